The van der Waals surface area contributed by atoms with Crippen molar-refractivity contribution in [1.82, 2.24) is 0 Å². The van der Waals surface area contributed by atoms with Gasteiger partial charge in [0.05, 0.1) is 6.61 Å². The Hall–Kier alpha value is -1.80. The van der Waals surface area contributed by atoms with E-state index in [0.29, 0.717) is 6.61 Å². The summed E-state index contributed by atoms with van der Waals surface area (Å²) in [5, 5.41) is 8.83. The van der Waals surface area contributed by atoms with Gasteiger partial charge >= 0.3 is 0 Å². The molecule has 0 fully saturated rings. The van der Waals surface area contributed by atoms with E-state index >= 15 is 0 Å². The van der Waals surface area contributed by atoms with Crippen molar-refractivity contribution in [2.24, 2.45) is 0 Å². The minimum absolute atomic E-state index is 0.0594. The maximum Gasteiger partial charge on any atom is 0.122 e. The lowest BCUT2D eigenvalue weighted by molar-refractivity contribution is 0.151. The molecule has 92 valence electrons. The minimum Gasteiger partial charge on any atom is -0.491 e. The fourth-order valence-corrected chi connectivity index (χ4v) is 2.54. The second-order valence-corrected chi connectivity index (χ2v) is 4.57. The topological polar surface area (TPSA) is 29.5 Å². The highest BCUT2D eigenvalue weighted by Gasteiger charge is 2.20. The molecule has 1 N–H and O–H groups in total. The van der Waals surface area contributed by atoms with Crippen molar-refractivity contribution in [3.63, 3.8) is 0 Å². The monoisotopic (exact) mass is 240 g/mol. The highest BCUT2D eigenvalue weighted by molar-refractivity contribution is 5.69. The van der Waals surface area contributed by atoms with Gasteiger partial charge in [-0.25, -0.2) is 0 Å². The molecule has 0 atom stereocenters. The number of fused-ring (bicyclic) bond motifs is 1. The normalized spacial score (nSPS) is 17.1. The first-order valence-corrected chi connectivity index (χ1v) is 6.30. The average molecular weight is 240 g/mol. The largest absolute Gasteiger partial charge is 0.491 e. The van der Waals surface area contributed by atoms with Gasteiger partial charge in [0.25, 0.3) is 0 Å². The summed E-state index contributed by atoms with van der Waals surface area (Å²) in [7, 11) is 0. The summed E-state index contributed by atoms with van der Waals surface area (Å²) in [5.41, 5.74) is 5.30. The molecular weight excluding hydrogens is 224 g/mol. The number of hydrogen-bond acceptors (Lipinski definition) is 2. The molecule has 0 aromatic heterocycles. The molecule has 2 nitrogen and oxygen atoms in total. The number of ether oxygens (including phenoxy) is 1. The smallest absolute Gasteiger partial charge is 0.122 e. The summed E-state index contributed by atoms with van der Waals surface area (Å²) in [4.78, 5) is 0. The number of rotatable bonds is 4. The summed E-state index contributed by atoms with van der Waals surface area (Å²) in [6.45, 7) is 0.424. The second kappa shape index (κ2) is 4.83. The fourth-order valence-electron chi connectivity index (χ4n) is 2.54. The van der Waals surface area contributed by atoms with Crippen LogP contribution in [0.25, 0.3) is 6.08 Å². The predicted octanol–water partition coefficient (Wildman–Crippen LogP) is 2.85. The van der Waals surface area contributed by atoms with Gasteiger partial charge in [-0.15, -0.1) is 0 Å². The molecule has 1 aromatic rings. The van der Waals surface area contributed by atoms with Gasteiger partial charge in [-0.3, -0.25) is 0 Å². The molecule has 0 radical (unpaired) electrons. The average Bonchev–Trinajstić information content (AvgIpc) is 3.01. The van der Waals surface area contributed by atoms with Gasteiger partial charge in [0.2, 0.25) is 0 Å². The third-order valence-electron chi connectivity index (χ3n) is 3.39. The molecule has 0 heterocycles. The highest BCUT2D eigenvalue weighted by Crippen LogP contribution is 2.35. The maximum atomic E-state index is 8.83. The van der Waals surface area contributed by atoms with E-state index in [4.69, 9.17) is 9.84 Å². The summed E-state index contributed by atoms with van der Waals surface area (Å²) in [5.74, 6) is 0.920. The van der Waals surface area contributed by atoms with E-state index < -0.39 is 0 Å². The summed E-state index contributed by atoms with van der Waals surface area (Å²) in [6, 6.07) is 8.48. The first kappa shape index (κ1) is 11.3. The van der Waals surface area contributed by atoms with Crippen LogP contribution in [0.5, 0.6) is 0 Å². The molecule has 0 aliphatic heterocycles. The molecule has 0 spiro atoms. The minimum atomic E-state index is 0.0594. The second-order valence-electron chi connectivity index (χ2n) is 4.57. The lowest BCUT2D eigenvalue weighted by Gasteiger charge is -2.09. The van der Waals surface area contributed by atoms with Crippen LogP contribution >= 0.6 is 0 Å². The molecule has 2 aliphatic rings. The van der Waals surface area contributed by atoms with E-state index in [2.05, 4.69) is 36.4 Å². The third-order valence-corrected chi connectivity index (χ3v) is 3.39. The van der Waals surface area contributed by atoms with Crippen LogP contribution in [0.3, 0.4) is 0 Å². The lowest BCUT2D eigenvalue weighted by Crippen LogP contribution is -2.00. The van der Waals surface area contributed by atoms with Crippen molar-refractivity contribution in [3.05, 3.63) is 64.4 Å². The van der Waals surface area contributed by atoms with Crippen LogP contribution in [0.4, 0.5) is 0 Å². The molecule has 0 saturated carbocycles. The summed E-state index contributed by atoms with van der Waals surface area (Å²) in [6.07, 6.45) is 8.29. The van der Waals surface area contributed by atoms with Gasteiger partial charge in [-0.05, 0) is 35.6 Å². The molecule has 2 heteroatoms. The van der Waals surface area contributed by atoms with Crippen molar-refractivity contribution >= 4 is 6.08 Å². The standard InChI is InChI=1S/C16H16O2/c17-8-9-18-16-7-3-6-15(16)14-10-12-4-1-2-5-13(12)11-14/h1-5,7,10,17H,6,8-9,11H2. The Labute approximate surface area is 107 Å². The number of aliphatic hydroxyl groups excluding tert-OH is 1. The molecule has 18 heavy (non-hydrogen) atoms. The fraction of sp³-hybridized carbons (Fsp3) is 0.250. The van der Waals surface area contributed by atoms with E-state index in [9.17, 15) is 0 Å². The Morgan fingerprint density at radius 1 is 1.22 bits per heavy atom. The molecular formula is C16H16O2. The van der Waals surface area contributed by atoms with Crippen molar-refractivity contribution in [2.75, 3.05) is 13.2 Å². The van der Waals surface area contributed by atoms with Crippen molar-refractivity contribution in [2.45, 2.75) is 12.8 Å². The molecule has 3 rings (SSSR count). The van der Waals surface area contributed by atoms with E-state index in [1.165, 1.54) is 22.3 Å². The van der Waals surface area contributed by atoms with E-state index in [0.717, 1.165) is 18.6 Å². The first-order chi connectivity index (χ1) is 8.88. The maximum absolute atomic E-state index is 8.83. The van der Waals surface area contributed by atoms with Gasteiger partial charge in [0, 0.05) is 5.57 Å². The third kappa shape index (κ3) is 2.00. The van der Waals surface area contributed by atoms with Crippen LogP contribution in [0.1, 0.15) is 17.5 Å². The van der Waals surface area contributed by atoms with Gasteiger partial charge < -0.3 is 9.84 Å². The Balaban J connectivity index is 1.85. The van der Waals surface area contributed by atoms with Gasteiger partial charge in [0.15, 0.2) is 0 Å². The number of hydrogen-bond donors (Lipinski definition) is 1. The quantitative estimate of drug-likeness (QED) is 0.877. The zero-order valence-electron chi connectivity index (χ0n) is 10.2. The van der Waals surface area contributed by atoms with E-state index in [1.54, 1.807) is 0 Å². The molecule has 0 saturated heterocycles. The number of benzene rings is 1. The van der Waals surface area contributed by atoms with Crippen molar-refractivity contribution < 1.29 is 9.84 Å². The highest BCUT2D eigenvalue weighted by atomic mass is 16.5. The molecule has 0 unspecified atom stereocenters. The Bertz CT molecular complexity index is 550. The Morgan fingerprint density at radius 2 is 2.11 bits per heavy atom. The Morgan fingerprint density at radius 3 is 2.94 bits per heavy atom. The first-order valence-electron chi connectivity index (χ1n) is 6.30. The van der Waals surface area contributed by atoms with Crippen LogP contribution in [0, 0.1) is 0 Å². The van der Waals surface area contributed by atoms with Crippen LogP contribution in [-0.2, 0) is 11.2 Å². The van der Waals surface area contributed by atoms with E-state index in [1.807, 2.05) is 6.08 Å². The number of aliphatic hydroxyl groups is 1. The molecule has 0 amide bonds. The zero-order chi connectivity index (χ0) is 12.4. The SMILES string of the molecule is OCCOC1=C(C2=Cc3ccccc3C2)CC=C1. The van der Waals surface area contributed by atoms with Crippen molar-refractivity contribution in [1.29, 1.82) is 0 Å². The van der Waals surface area contributed by atoms with Crippen molar-refractivity contribution in [3.8, 4) is 0 Å². The van der Waals surface area contributed by atoms with Gasteiger partial charge in [-0.1, -0.05) is 36.4 Å². The lowest BCUT2D eigenvalue weighted by atomic mass is 10.0. The predicted molar refractivity (Wildman–Crippen MR) is 71.9 cm³/mol. The van der Waals surface area contributed by atoms with Crippen LogP contribution in [0.2, 0.25) is 0 Å². The summed E-state index contributed by atoms with van der Waals surface area (Å²) >= 11 is 0. The van der Waals surface area contributed by atoms with Crippen LogP contribution in [0.15, 0.2) is 53.3 Å². The Kier molecular flexibility index (Phi) is 3.03. The summed E-state index contributed by atoms with van der Waals surface area (Å²) < 4.78 is 5.58. The van der Waals surface area contributed by atoms with E-state index in [-0.39, 0.29) is 6.61 Å². The molecule has 0 bridgehead atoms. The molecule has 1 aromatic carbocycles. The van der Waals surface area contributed by atoms with Gasteiger partial charge in [0.1, 0.15) is 12.4 Å². The van der Waals surface area contributed by atoms with Crippen LogP contribution in [-0.4, -0.2) is 18.3 Å². The zero-order valence-corrected chi connectivity index (χ0v) is 10.2. The molecule has 2 aliphatic carbocycles. The van der Waals surface area contributed by atoms with Gasteiger partial charge in [-0.2, -0.15) is 0 Å². The van der Waals surface area contributed by atoms with Crippen LogP contribution < -0.4 is 0 Å². The number of allylic oxidation sites excluding steroid dienone is 4.